The van der Waals surface area contributed by atoms with E-state index < -0.39 is 131 Å². The Morgan fingerprint density at radius 3 is 1.29 bits per heavy atom. The second-order valence-corrected chi connectivity index (χ2v) is 36.5. The normalized spacial score (nSPS) is 12.6. The van der Waals surface area contributed by atoms with Gasteiger partial charge >= 0.3 is 0 Å². The van der Waals surface area contributed by atoms with Gasteiger partial charge in [0.15, 0.2) is 37.9 Å². The van der Waals surface area contributed by atoms with Crippen molar-refractivity contribution in [2.45, 2.75) is 94.3 Å². The zero-order valence-electron chi connectivity index (χ0n) is 63.5. The lowest BCUT2D eigenvalue weighted by Gasteiger charge is -2.27. The van der Waals surface area contributed by atoms with E-state index in [1.165, 1.54) is 71.5 Å². The number of ether oxygens (including phenoxy) is 1. The number of hydrogen-bond donors (Lipinski definition) is 5. The number of thiazole rings is 2. The average molecular weight is 1780 g/mol. The number of benzene rings is 6. The molecule has 6 aromatic heterocycles. The van der Waals surface area contributed by atoms with Crippen molar-refractivity contribution >= 4 is 133 Å². The highest BCUT2D eigenvalue weighted by molar-refractivity contribution is 7.93. The number of Topliss-reactive ketones (excluding diaryl/α,β-unsaturated/α-hetero) is 1. The van der Waals surface area contributed by atoms with Crippen LogP contribution in [0.1, 0.15) is 88.4 Å². The summed E-state index contributed by atoms with van der Waals surface area (Å²) in [6.07, 6.45) is 5.70. The second kappa shape index (κ2) is 37.1. The molecule has 618 valence electrons. The number of ketones is 1. The van der Waals surface area contributed by atoms with E-state index in [-0.39, 0.29) is 62.0 Å². The van der Waals surface area contributed by atoms with E-state index in [9.17, 15) is 60.8 Å². The predicted molar refractivity (Wildman–Crippen MR) is 439 cm³/mol. The Morgan fingerprint density at radius 2 is 0.890 bits per heavy atom. The number of carbonyl (C=O) groups excluding carboxylic acids is 1. The van der Waals surface area contributed by atoms with Crippen LogP contribution in [0.15, 0.2) is 179 Å². The predicted octanol–water partition coefficient (Wildman–Crippen LogP) is 18.3. The summed E-state index contributed by atoms with van der Waals surface area (Å²) >= 11 is 18.9. The Balaban J connectivity index is 0.000000184. The number of hydrogen-bond acceptors (Lipinski definition) is 22. The van der Waals surface area contributed by atoms with Gasteiger partial charge in [-0.2, -0.15) is 0 Å². The molecule has 6 N–H and O–H groups in total. The molecule has 1 saturated heterocycles. The van der Waals surface area contributed by atoms with Gasteiger partial charge in [-0.05, 0) is 126 Å². The maximum absolute atomic E-state index is 16.1. The molecular formula is C78H70Cl2F9N15O8S6. The van der Waals surface area contributed by atoms with Crippen molar-refractivity contribution in [1.82, 2.24) is 44.9 Å². The fourth-order valence-electron chi connectivity index (χ4n) is 10.5. The molecular weight excluding hydrogens is 1710 g/mol. The third-order valence-corrected chi connectivity index (χ3v) is 24.7. The lowest BCUT2D eigenvalue weighted by molar-refractivity contribution is 0.0988. The molecule has 1 aliphatic rings. The number of nitrogens with one attached hydrogen (secondary N) is 4. The maximum atomic E-state index is 16.1. The molecule has 0 radical (unpaired) electrons. The Bertz CT molecular complexity index is 6060. The molecule has 23 nitrogen and oxygen atoms in total. The molecule has 0 saturated carbocycles. The largest absolute Gasteiger partial charge is 0.393 e. The van der Waals surface area contributed by atoms with Crippen LogP contribution >= 0.6 is 58.1 Å². The quantitative estimate of drug-likeness (QED) is 0.0217. The number of nitrogens with two attached hydrogens (primary N) is 1. The fourth-order valence-corrected chi connectivity index (χ4v) is 16.6. The standard InChI is InChI=1S/C32H30F3N7O3S2.C23H18ClF3N4O2S2.C18H11ClF3N3O3S.C5H11NS/c1-32(2,3)30-40-27(20-6-4-9-23(26(20)35)41-47(43,44)29-21(33)7-5-8-22(29)34)28(46-30)24-12-13-36-31(39-24)38-19-10-11-25(37-18-19)42-14-16-45-17-15-42;1-23(2,3)21-30-18(19(34-21)16-10-11-28-22(24)29-16)12-6-4-9-15(17(12)27)31-35(32,33)20-13(25)7-5-8-14(20)26;19-18-23-8-7-10(24-18)9-15(26)11-3-1-6-14(16(11)22)25-29(27,28)17-12(20)4-2-5-13(17)21;1-5(2,3)4(6)7/h4-13,18,41H,14-17H2,1-3H3,(H,36,38,39);4-11,31H,1-3H3;1-8,25H,9H2;1-3H3,(H2,6,7). The summed E-state index contributed by atoms with van der Waals surface area (Å²) in [4.78, 5) is 51.0. The van der Waals surface area contributed by atoms with Crippen LogP contribution in [-0.2, 0) is 52.1 Å². The van der Waals surface area contributed by atoms with Crippen LogP contribution in [0.4, 0.5) is 74.0 Å². The highest BCUT2D eigenvalue weighted by Crippen LogP contribution is 2.45. The zero-order valence-corrected chi connectivity index (χ0v) is 70.0. The molecule has 0 spiro atoms. The van der Waals surface area contributed by atoms with Gasteiger partial charge in [-0.25, -0.2) is 110 Å². The summed E-state index contributed by atoms with van der Waals surface area (Å²) in [6, 6.07) is 27.6. The number of aromatic nitrogens is 9. The molecule has 13 rings (SSSR count). The van der Waals surface area contributed by atoms with E-state index in [1.807, 2.05) is 83.9 Å². The number of carbonyl (C=O) groups is 1. The fraction of sp³-hybridized carbons (Fsp3) is 0.218. The van der Waals surface area contributed by atoms with Gasteiger partial charge in [0.1, 0.15) is 40.7 Å². The minimum Gasteiger partial charge on any atom is -0.393 e. The van der Waals surface area contributed by atoms with Gasteiger partial charge in [-0.15, -0.1) is 22.7 Å². The summed E-state index contributed by atoms with van der Waals surface area (Å²) < 4.78 is 218. The average Bonchev–Trinajstić information content (AvgIpc) is 1.55. The maximum Gasteiger partial charge on any atom is 0.267 e. The molecule has 6 aromatic carbocycles. The summed E-state index contributed by atoms with van der Waals surface area (Å²) in [7, 11) is -14.4. The molecule has 12 aromatic rings. The molecule has 1 aliphatic heterocycles. The van der Waals surface area contributed by atoms with Crippen LogP contribution in [0.2, 0.25) is 10.6 Å². The Labute approximate surface area is 696 Å². The van der Waals surface area contributed by atoms with E-state index in [2.05, 4.69) is 50.1 Å². The lowest BCUT2D eigenvalue weighted by Crippen LogP contribution is -2.36. The summed E-state index contributed by atoms with van der Waals surface area (Å²) in [5, 5.41) is 4.41. The molecule has 0 bridgehead atoms. The SMILES string of the molecule is CC(C)(C)C(N)=S.CC(C)(C)c1nc(-c2cccc(NS(=O)(=O)c3c(F)cccc3F)c2F)c(-c2ccnc(Cl)n2)s1.CC(C)(C)c1nc(-c2cccc(NS(=O)(=O)c3c(F)cccc3F)c2F)c(-c2ccnc(Nc3ccc(N4CCOCC4)nc3)n2)s1.O=C(Cc1ccnc(Cl)n1)c1cccc(NS(=O)(=O)c2c(F)cccc2F)c1F. The number of rotatable bonds is 19. The first-order chi connectivity index (χ1) is 55.4. The first-order valence-corrected chi connectivity index (χ1v) is 42.1. The number of thiocarbonyl (C=S) groups is 1. The van der Waals surface area contributed by atoms with Crippen LogP contribution in [0.5, 0.6) is 0 Å². The van der Waals surface area contributed by atoms with Crippen LogP contribution in [-0.4, -0.2) is 107 Å². The number of halogens is 11. The van der Waals surface area contributed by atoms with Gasteiger partial charge in [0.2, 0.25) is 16.5 Å². The molecule has 118 heavy (non-hydrogen) atoms. The summed E-state index contributed by atoms with van der Waals surface area (Å²) in [6.45, 7) is 20.5. The molecule has 0 aliphatic carbocycles. The van der Waals surface area contributed by atoms with E-state index in [0.717, 1.165) is 97.8 Å². The van der Waals surface area contributed by atoms with Crippen LogP contribution in [0.3, 0.4) is 0 Å². The van der Waals surface area contributed by atoms with Gasteiger partial charge in [-0.1, -0.05) is 111 Å². The first kappa shape index (κ1) is 89.6. The molecule has 0 atom stereocenters. The topological polar surface area (TPSA) is 322 Å². The minimum absolute atomic E-state index is 0.00643. The van der Waals surface area contributed by atoms with Crippen LogP contribution in [0, 0.1) is 57.8 Å². The summed E-state index contributed by atoms with van der Waals surface area (Å²) in [5.74, 6) is -10.6. The highest BCUT2D eigenvalue weighted by atomic mass is 35.5. The third-order valence-electron chi connectivity index (χ3n) is 16.5. The molecule has 0 amide bonds. The third kappa shape index (κ3) is 22.0. The van der Waals surface area contributed by atoms with Crippen molar-refractivity contribution in [2.75, 3.05) is 50.7 Å². The summed E-state index contributed by atoms with van der Waals surface area (Å²) in [5.41, 5.74) is 4.55. The molecule has 40 heteroatoms. The van der Waals surface area contributed by atoms with Crippen molar-refractivity contribution in [2.24, 2.45) is 11.1 Å². The molecule has 7 heterocycles. The minimum atomic E-state index is -4.82. The molecule has 0 unspecified atom stereocenters. The van der Waals surface area contributed by atoms with Crippen molar-refractivity contribution in [3.05, 3.63) is 249 Å². The second-order valence-electron chi connectivity index (χ2n) is 28.5. The van der Waals surface area contributed by atoms with Crippen LogP contribution in [0.25, 0.3) is 43.7 Å². The number of pyridine rings is 1. The first-order valence-electron chi connectivity index (χ1n) is 34.9. The van der Waals surface area contributed by atoms with E-state index in [4.69, 9.17) is 50.9 Å². The van der Waals surface area contributed by atoms with Crippen LogP contribution < -0.4 is 30.1 Å². The van der Waals surface area contributed by atoms with E-state index in [0.29, 0.717) is 55.0 Å². The molecule has 1 fully saturated rings. The van der Waals surface area contributed by atoms with Crippen molar-refractivity contribution in [3.63, 3.8) is 0 Å². The van der Waals surface area contributed by atoms with E-state index in [1.54, 1.807) is 29.2 Å². The van der Waals surface area contributed by atoms with Gasteiger partial charge in [0, 0.05) is 59.1 Å². The van der Waals surface area contributed by atoms with Crippen molar-refractivity contribution in [3.8, 4) is 43.7 Å². The van der Waals surface area contributed by atoms with Gasteiger partial charge in [0.25, 0.3) is 30.1 Å². The van der Waals surface area contributed by atoms with Crippen molar-refractivity contribution in [1.29, 1.82) is 0 Å². The van der Waals surface area contributed by atoms with Crippen molar-refractivity contribution < 1.29 is 74.3 Å². The number of anilines is 6. The number of morpholine rings is 1. The smallest absolute Gasteiger partial charge is 0.267 e. The highest BCUT2D eigenvalue weighted by Gasteiger charge is 2.33. The Kier molecular flexibility index (Phi) is 28.2. The Morgan fingerprint density at radius 1 is 0.500 bits per heavy atom. The van der Waals surface area contributed by atoms with Gasteiger partial charge in [0.05, 0.1) is 107 Å². The lowest BCUT2D eigenvalue weighted by atomic mass is 9.97. The Hall–Kier alpha value is -10.7. The van der Waals surface area contributed by atoms with Gasteiger partial charge in [-0.3, -0.25) is 19.0 Å². The zero-order chi connectivity index (χ0) is 86.1. The number of nitrogens with zero attached hydrogens (tertiary/aromatic N) is 10. The van der Waals surface area contributed by atoms with E-state index >= 15 is 8.78 Å². The van der Waals surface area contributed by atoms with Gasteiger partial charge < -0.3 is 20.7 Å². The number of sulfonamides is 3. The monoisotopic (exact) mass is 1780 g/mol.